The number of ether oxygens (including phenoxy) is 1. The molecule has 1 N–H and O–H groups in total. The summed E-state index contributed by atoms with van der Waals surface area (Å²) in [6, 6.07) is 14.2. The molecule has 5 aromatic rings. The highest BCUT2D eigenvalue weighted by Crippen LogP contribution is 2.60. The third-order valence-electron chi connectivity index (χ3n) is 9.62. The molecule has 1 saturated carbocycles. The fraction of sp³-hybridized carbons (Fsp3) is 0.314. The third-order valence-corrected chi connectivity index (χ3v) is 10.1. The number of anilines is 1. The molecular weight excluding hydrogens is 676 g/mol. The molecule has 4 bridgehead atoms. The van der Waals surface area contributed by atoms with Crippen molar-refractivity contribution < 1.29 is 19.1 Å². The summed E-state index contributed by atoms with van der Waals surface area (Å²) < 4.78 is 8.37. The molecule has 13 heteroatoms. The van der Waals surface area contributed by atoms with Crippen LogP contribution >= 0.6 is 15.9 Å². The molecule has 2 amide bonds. The Morgan fingerprint density at radius 3 is 2.69 bits per heavy atom. The van der Waals surface area contributed by atoms with E-state index in [9.17, 15) is 14.4 Å². The van der Waals surface area contributed by atoms with Gasteiger partial charge in [0.2, 0.25) is 17.7 Å². The van der Waals surface area contributed by atoms with Gasteiger partial charge >= 0.3 is 0 Å². The monoisotopic (exact) mass is 706 g/mol. The molecule has 48 heavy (non-hydrogen) atoms. The quantitative estimate of drug-likeness (QED) is 0.207. The fourth-order valence-corrected chi connectivity index (χ4v) is 7.35. The Bertz CT molecular complexity index is 2130. The molecule has 4 aromatic heterocycles. The van der Waals surface area contributed by atoms with Crippen LogP contribution in [0.2, 0.25) is 0 Å². The van der Waals surface area contributed by atoms with Crippen LogP contribution in [0.3, 0.4) is 0 Å². The lowest BCUT2D eigenvalue weighted by Gasteiger charge is -2.27. The number of nitrogens with one attached hydrogen (secondary N) is 1. The van der Waals surface area contributed by atoms with Crippen molar-refractivity contribution in [1.29, 1.82) is 0 Å². The van der Waals surface area contributed by atoms with E-state index in [1.54, 1.807) is 22.0 Å². The Morgan fingerprint density at radius 1 is 1.04 bits per heavy atom. The summed E-state index contributed by atoms with van der Waals surface area (Å²) >= 11 is 3.44. The summed E-state index contributed by atoms with van der Waals surface area (Å²) in [6.45, 7) is 3.48. The Balaban J connectivity index is 1.13. The zero-order valence-electron chi connectivity index (χ0n) is 26.3. The number of piperidine rings is 1. The molecule has 6 heterocycles. The van der Waals surface area contributed by atoms with E-state index in [1.807, 2.05) is 55.5 Å². The van der Waals surface area contributed by atoms with Crippen LogP contribution in [0.25, 0.3) is 22.0 Å². The van der Waals surface area contributed by atoms with Crippen LogP contribution in [0.5, 0.6) is 5.88 Å². The van der Waals surface area contributed by atoms with E-state index < -0.39 is 6.04 Å². The molecule has 0 unspecified atom stereocenters. The summed E-state index contributed by atoms with van der Waals surface area (Å²) in [4.78, 5) is 60.6. The van der Waals surface area contributed by atoms with Gasteiger partial charge in [0.15, 0.2) is 5.78 Å². The SMILES string of the molecule is CC(=O)c1nn(CC(=O)N2[C@H]3C[C@@]4(COc5cccc(n5)CCc5ccc(Br)nc5NC3=O)C[C@@H]24)c2ccc(-c3cnc(C)nc3)cc12. The van der Waals surface area contributed by atoms with E-state index in [0.29, 0.717) is 65.3 Å². The molecule has 1 aromatic carbocycles. The number of hydrogen-bond donors (Lipinski definition) is 1. The number of Topliss-reactive ketones (excluding diaryl/α,β-unsaturated/α-hetero) is 1. The van der Waals surface area contributed by atoms with Crippen LogP contribution in [0.4, 0.5) is 5.82 Å². The number of amides is 2. The lowest BCUT2D eigenvalue weighted by Crippen LogP contribution is -2.47. The van der Waals surface area contributed by atoms with Crippen molar-refractivity contribution in [3.8, 4) is 17.0 Å². The van der Waals surface area contributed by atoms with Crippen molar-refractivity contribution in [2.75, 3.05) is 11.9 Å². The van der Waals surface area contributed by atoms with Crippen molar-refractivity contribution in [2.45, 2.75) is 58.2 Å². The Hall–Kier alpha value is -5.04. The van der Waals surface area contributed by atoms with Crippen molar-refractivity contribution in [3.05, 3.63) is 88.3 Å². The van der Waals surface area contributed by atoms with E-state index in [1.165, 1.54) is 6.92 Å². The summed E-state index contributed by atoms with van der Waals surface area (Å²) in [5.41, 5.74) is 3.91. The number of aromatic nitrogens is 6. The van der Waals surface area contributed by atoms with Crippen LogP contribution in [0.15, 0.2) is 65.5 Å². The zero-order chi connectivity index (χ0) is 33.2. The first-order chi connectivity index (χ1) is 23.2. The molecule has 1 spiro atoms. The van der Waals surface area contributed by atoms with Gasteiger partial charge in [-0.05, 0) is 83.9 Å². The first-order valence-electron chi connectivity index (χ1n) is 15.8. The largest absolute Gasteiger partial charge is 0.477 e. The van der Waals surface area contributed by atoms with Gasteiger partial charge in [0, 0.05) is 53.5 Å². The maximum absolute atomic E-state index is 14.3. The van der Waals surface area contributed by atoms with Crippen LogP contribution in [-0.2, 0) is 29.0 Å². The van der Waals surface area contributed by atoms with Crippen molar-refractivity contribution in [3.63, 3.8) is 0 Å². The van der Waals surface area contributed by atoms with Gasteiger partial charge in [-0.3, -0.25) is 19.1 Å². The smallest absolute Gasteiger partial charge is 0.248 e. The van der Waals surface area contributed by atoms with Gasteiger partial charge in [-0.1, -0.05) is 18.2 Å². The molecule has 0 radical (unpaired) electrons. The maximum Gasteiger partial charge on any atom is 0.248 e. The van der Waals surface area contributed by atoms with E-state index >= 15 is 0 Å². The van der Waals surface area contributed by atoms with Gasteiger partial charge in [-0.15, -0.1) is 0 Å². The molecule has 2 aliphatic heterocycles. The van der Waals surface area contributed by atoms with E-state index in [0.717, 1.165) is 22.4 Å². The number of benzene rings is 1. The van der Waals surface area contributed by atoms with Crippen LogP contribution in [-0.4, -0.2) is 70.9 Å². The van der Waals surface area contributed by atoms with Crippen LogP contribution in [0.1, 0.15) is 47.3 Å². The number of likely N-dealkylation sites (tertiary alicyclic amines) is 1. The first kappa shape index (κ1) is 30.3. The van der Waals surface area contributed by atoms with Crippen LogP contribution in [0, 0.1) is 12.3 Å². The number of hydrogen-bond acceptors (Lipinski definition) is 9. The predicted molar refractivity (Wildman–Crippen MR) is 179 cm³/mol. The second-order valence-corrected chi connectivity index (χ2v) is 13.6. The van der Waals surface area contributed by atoms with Gasteiger partial charge in [-0.2, -0.15) is 5.10 Å². The Kier molecular flexibility index (Phi) is 7.31. The molecule has 3 aliphatic rings. The molecule has 3 atom stereocenters. The highest BCUT2D eigenvalue weighted by molar-refractivity contribution is 9.10. The normalized spacial score (nSPS) is 21.5. The summed E-state index contributed by atoms with van der Waals surface area (Å²) in [7, 11) is 0. The second-order valence-electron chi connectivity index (χ2n) is 12.8. The third kappa shape index (κ3) is 5.41. The fourth-order valence-electron chi connectivity index (χ4n) is 7.04. The van der Waals surface area contributed by atoms with Gasteiger partial charge in [0.05, 0.1) is 12.1 Å². The number of aryl methyl sites for hydroxylation is 3. The predicted octanol–water partition coefficient (Wildman–Crippen LogP) is 4.73. The van der Waals surface area contributed by atoms with Crippen molar-refractivity contribution >= 4 is 50.2 Å². The lowest BCUT2D eigenvalue weighted by molar-refractivity contribution is -0.138. The number of rotatable bonds is 4. The summed E-state index contributed by atoms with van der Waals surface area (Å²) in [5, 5.41) is 8.27. The number of halogens is 1. The Morgan fingerprint density at radius 2 is 1.88 bits per heavy atom. The Labute approximate surface area is 284 Å². The lowest BCUT2D eigenvalue weighted by atomic mass is 10.00. The zero-order valence-corrected chi connectivity index (χ0v) is 27.9. The van der Waals surface area contributed by atoms with Crippen LogP contribution < -0.4 is 10.1 Å². The molecule has 1 saturated heterocycles. The number of pyridine rings is 2. The van der Waals surface area contributed by atoms with Gasteiger partial charge in [0.25, 0.3) is 0 Å². The van der Waals surface area contributed by atoms with Gasteiger partial charge in [-0.25, -0.2) is 19.9 Å². The number of nitrogens with zero attached hydrogens (tertiary/aromatic N) is 7. The van der Waals surface area contributed by atoms with Crippen molar-refractivity contribution in [2.24, 2.45) is 5.41 Å². The van der Waals surface area contributed by atoms with E-state index in [-0.39, 0.29) is 41.3 Å². The summed E-state index contributed by atoms with van der Waals surface area (Å²) in [5.74, 6) is 0.874. The molecule has 242 valence electrons. The number of carbonyl (C=O) groups is 3. The van der Waals surface area contributed by atoms with Crippen molar-refractivity contribution in [1.82, 2.24) is 34.6 Å². The van der Waals surface area contributed by atoms with Gasteiger partial charge < -0.3 is 15.0 Å². The molecule has 1 aliphatic carbocycles. The minimum atomic E-state index is -0.738. The number of carbonyl (C=O) groups excluding carboxylic acids is 3. The minimum absolute atomic E-state index is 0.141. The average molecular weight is 708 g/mol. The maximum atomic E-state index is 14.3. The standard InChI is InChI=1S/C35H31BrN8O4/c1-19(45)32-25-12-22(23-15-37-20(2)38-16-23)7-10-26(25)43(42-32)17-31(46)44-27-13-35(14-28(35)44)18-48-30-5-3-4-24(39-30)9-6-21-8-11-29(36)40-33(21)41-34(27)47/h3-5,7-8,10-12,15-16,27-28H,6,9,13-14,17-18H2,1-2H3,(H,40,41,47)/t27-,28+,35-/m0/s1. The highest BCUT2D eigenvalue weighted by atomic mass is 79.9. The molecule has 8 rings (SSSR count). The van der Waals surface area contributed by atoms with Gasteiger partial charge in [0.1, 0.15) is 34.5 Å². The van der Waals surface area contributed by atoms with E-state index in [4.69, 9.17) is 9.72 Å². The highest BCUT2D eigenvalue weighted by Gasteiger charge is 2.67. The second kappa shape index (κ2) is 11.6. The van der Waals surface area contributed by atoms with E-state index in [2.05, 4.69) is 41.3 Å². The number of ketones is 1. The average Bonchev–Trinajstić information content (AvgIpc) is 3.49. The minimum Gasteiger partial charge on any atom is -0.477 e. The topological polar surface area (TPSA) is 145 Å². The summed E-state index contributed by atoms with van der Waals surface area (Å²) in [6.07, 6.45) is 5.88. The number of fused-ring (bicyclic) bond motifs is 5. The molecule has 12 nitrogen and oxygen atoms in total. The first-order valence-corrected chi connectivity index (χ1v) is 16.6. The molecule has 2 fully saturated rings. The molecular formula is C35H31BrN8O4.